The minimum Gasteiger partial charge on any atom is 0 e. The van der Waals surface area contributed by atoms with Crippen molar-refractivity contribution in [2.75, 3.05) is 0 Å². The number of hydrogen-bond acceptors (Lipinski definition) is 20. The predicted octanol–water partition coefficient (Wildman–Crippen LogP) is -20.3. The van der Waals surface area contributed by atoms with Crippen molar-refractivity contribution in [2.24, 2.45) is 0 Å². The van der Waals surface area contributed by atoms with Crippen LogP contribution < -0.4 is 61.4 Å². The van der Waals surface area contributed by atoms with Crippen molar-refractivity contribution in [2.45, 2.75) is 0 Å². The molecule has 0 aromatic heterocycles. The standard InChI is InChI=1S/5AsH3O4.3V/c5*2-1(3,4)5;;;/h5*(H3,2,3,4,5);;;/p-15. The first-order valence-electron chi connectivity index (χ1n) is 3.65. The largest absolute Gasteiger partial charge is 0 e. The summed E-state index contributed by atoms with van der Waals surface area (Å²) in [6.07, 6.45) is 0. The van der Waals surface area contributed by atoms with Gasteiger partial charge in [-0.15, -0.1) is 0 Å². The first-order chi connectivity index (χ1) is 10.0. The molecule has 0 aliphatic rings. The Bertz CT molecular complexity index is 379. The summed E-state index contributed by atoms with van der Waals surface area (Å²) in [6, 6.07) is 0. The molecule has 0 aliphatic carbocycles. The van der Waals surface area contributed by atoms with Gasteiger partial charge in [-0.1, -0.05) is 0 Å². The molecule has 0 N–H and O–H groups in total. The fourth-order valence-electron chi connectivity index (χ4n) is 0. The topological polar surface area (TPSA) is 431 Å². The molecule has 0 amide bonds. The molecule has 0 unspecified atom stereocenters. The summed E-state index contributed by atoms with van der Waals surface area (Å²) in [5.74, 6) is 0. The summed E-state index contributed by atoms with van der Waals surface area (Å²) in [5.41, 5.74) is 0. The van der Waals surface area contributed by atoms with Gasteiger partial charge in [0, 0.05) is 55.7 Å². The van der Waals surface area contributed by atoms with Gasteiger partial charge in [0.2, 0.25) is 0 Å². The first kappa shape index (κ1) is 52.7. The van der Waals surface area contributed by atoms with Gasteiger partial charge in [0.1, 0.15) is 0 Å². The van der Waals surface area contributed by atoms with Crippen LogP contribution in [0.2, 0.25) is 0 Å². The normalized spacial score (nSPS) is 10.5. The molecule has 0 atom stereocenters. The zero-order chi connectivity index (χ0) is 22.5. The Morgan fingerprint density at radius 2 is 0.250 bits per heavy atom. The second-order valence-electron chi connectivity index (χ2n) is 2.24. The third-order valence-corrected chi connectivity index (χ3v) is 0. The van der Waals surface area contributed by atoms with Crippen LogP contribution in [-0.4, -0.2) is 72.6 Å². The summed E-state index contributed by atoms with van der Waals surface area (Å²) in [7, 11) is 0. The minimum absolute atomic E-state index is 0. The van der Waals surface area contributed by atoms with Gasteiger partial charge in [0.25, 0.3) is 0 Å². The third kappa shape index (κ3) is 2610. The van der Waals surface area contributed by atoms with Crippen LogP contribution in [0.5, 0.6) is 0 Å². The smallest absolute Gasteiger partial charge is 0 e. The summed E-state index contributed by atoms with van der Waals surface area (Å²) in [5, 5.41) is 0. The number of hydrogen-bond donors (Lipinski definition) is 0. The molecule has 0 bridgehead atoms. The average molecular weight is 847 g/mol. The monoisotopic (exact) mass is 847 g/mol. The van der Waals surface area contributed by atoms with E-state index in [0.717, 1.165) is 0 Å². The van der Waals surface area contributed by atoms with Gasteiger partial charge in [0.15, 0.2) is 0 Å². The van der Waals surface area contributed by atoms with E-state index in [1.54, 1.807) is 0 Å². The second kappa shape index (κ2) is 23.1. The third-order valence-electron chi connectivity index (χ3n) is 0. The average Bonchev–Trinajstić information content (AvgIpc) is 1.79. The molecule has 0 saturated heterocycles. The summed E-state index contributed by atoms with van der Waals surface area (Å²) in [6.45, 7) is 0. The van der Waals surface area contributed by atoms with Crippen LogP contribution >= 0.6 is 0 Å². The van der Waals surface area contributed by atoms with Crippen LogP contribution in [0, 0.1) is 0 Å². The van der Waals surface area contributed by atoms with Gasteiger partial charge in [-0.2, -0.15) is 0 Å². The van der Waals surface area contributed by atoms with E-state index in [-0.39, 0.29) is 55.7 Å². The molecule has 28 heavy (non-hydrogen) atoms. The van der Waals surface area contributed by atoms with Gasteiger partial charge >= 0.3 is 153 Å². The molecule has 0 rings (SSSR count). The molecule has 0 aromatic rings. The maximum Gasteiger partial charge on any atom is 0 e. The predicted molar refractivity (Wildman–Crippen MR) is 32.2 cm³/mol. The second-order valence-corrected chi connectivity index (χ2v) is 11.6. The fraction of sp³-hybridized carbons (Fsp3) is 0. The molecule has 0 spiro atoms. The van der Waals surface area contributed by atoms with Crippen molar-refractivity contribution in [3.63, 3.8) is 0 Å². The summed E-state index contributed by atoms with van der Waals surface area (Å²) in [4.78, 5) is 0. The van der Waals surface area contributed by atoms with Crippen molar-refractivity contribution in [3.05, 3.63) is 0 Å². The first-order valence-corrected chi connectivity index (χ1v) is 19.0. The van der Waals surface area contributed by atoms with Crippen molar-refractivity contribution in [1.29, 1.82) is 0 Å². The van der Waals surface area contributed by atoms with E-state index < -0.39 is 72.6 Å². The van der Waals surface area contributed by atoms with E-state index >= 15 is 0 Å². The molecular weight excluding hydrogens is 847 g/mol. The maximum atomic E-state index is 8.61. The van der Waals surface area contributed by atoms with E-state index in [1.165, 1.54) is 0 Å². The Hall–Kier alpha value is 2.95. The van der Waals surface area contributed by atoms with Crippen LogP contribution in [0.3, 0.4) is 0 Å². The SMILES string of the molecule is O=[As]([O-])([O-])[O-].O=[As]([O-])([O-])[O-].O=[As]([O-])([O-])[O-].O=[As]([O-])([O-])[O-].O=[As]([O-])([O-])[O-].[V].[V].[V]. The van der Waals surface area contributed by atoms with E-state index in [9.17, 15) is 0 Å². The molecule has 20 nitrogen and oxygen atoms in total. The van der Waals surface area contributed by atoms with Gasteiger partial charge in [0.05, 0.1) is 0 Å². The van der Waals surface area contributed by atoms with E-state index in [1.807, 2.05) is 0 Å². The van der Waals surface area contributed by atoms with Crippen LogP contribution in [-0.2, 0) is 74.4 Å². The Labute approximate surface area is 206 Å². The van der Waals surface area contributed by atoms with E-state index in [2.05, 4.69) is 0 Å². The van der Waals surface area contributed by atoms with Crippen molar-refractivity contribution < 1.29 is 136 Å². The van der Waals surface area contributed by atoms with Gasteiger partial charge in [-0.3, -0.25) is 0 Å². The Balaban J connectivity index is -0.0000000290. The molecular formula is As5O20V3-15. The van der Waals surface area contributed by atoms with Crippen LogP contribution in [0.4, 0.5) is 0 Å². The molecule has 3 radical (unpaired) electrons. The molecule has 175 valence electrons. The zero-order valence-electron chi connectivity index (χ0n) is 11.7. The molecule has 0 saturated carbocycles. The minimum atomic E-state index is -5.88. The summed E-state index contributed by atoms with van der Waals surface area (Å²) < 4.78 is 172. The van der Waals surface area contributed by atoms with Crippen LogP contribution in [0.1, 0.15) is 0 Å². The molecule has 0 aliphatic heterocycles. The van der Waals surface area contributed by atoms with Gasteiger partial charge in [-0.05, 0) is 0 Å². The van der Waals surface area contributed by atoms with Gasteiger partial charge in [-0.25, -0.2) is 0 Å². The summed E-state index contributed by atoms with van der Waals surface area (Å²) >= 11 is -29.4. The van der Waals surface area contributed by atoms with E-state index in [4.69, 9.17) is 80.1 Å². The van der Waals surface area contributed by atoms with Crippen molar-refractivity contribution in [3.8, 4) is 0 Å². The van der Waals surface area contributed by atoms with Crippen LogP contribution in [0.25, 0.3) is 0 Å². The Morgan fingerprint density at radius 3 is 0.250 bits per heavy atom. The van der Waals surface area contributed by atoms with Crippen molar-refractivity contribution in [1.82, 2.24) is 0 Å². The Morgan fingerprint density at radius 1 is 0.250 bits per heavy atom. The molecule has 0 aromatic carbocycles. The van der Waals surface area contributed by atoms with Gasteiger partial charge < -0.3 is 0 Å². The maximum absolute atomic E-state index is 8.61. The fourth-order valence-corrected chi connectivity index (χ4v) is 0. The van der Waals surface area contributed by atoms with Crippen LogP contribution in [0.15, 0.2) is 0 Å². The zero-order valence-corrected chi connectivity index (χ0v) is 25.3. The number of rotatable bonds is 0. The van der Waals surface area contributed by atoms with E-state index in [0.29, 0.717) is 0 Å². The molecule has 28 heteroatoms. The quantitative estimate of drug-likeness (QED) is 0.204. The molecule has 0 fully saturated rings. The Kier molecular flexibility index (Phi) is 43.5. The molecule has 0 heterocycles. The van der Waals surface area contributed by atoms with Crippen molar-refractivity contribution >= 4 is 72.6 Å².